The van der Waals surface area contributed by atoms with E-state index in [1.807, 2.05) is 6.92 Å². The van der Waals surface area contributed by atoms with Crippen LogP contribution in [0.3, 0.4) is 0 Å². The van der Waals surface area contributed by atoms with Crippen LogP contribution < -0.4 is 5.73 Å². The second kappa shape index (κ2) is 6.55. The Balaban J connectivity index is 0.00000180. The second-order valence-corrected chi connectivity index (χ2v) is 5.18. The number of rotatable bonds is 2. The third-order valence-corrected chi connectivity index (χ3v) is 3.73. The minimum absolute atomic E-state index is 0. The van der Waals surface area contributed by atoms with Crippen LogP contribution in [0.2, 0.25) is 5.02 Å². The Bertz CT molecular complexity index is 470. The Kier molecular flexibility index (Phi) is 5.59. The molecular weight excluding hydrogens is 290 g/mol. The van der Waals surface area contributed by atoms with E-state index in [-0.39, 0.29) is 29.4 Å². The number of carbonyl (C=O) groups is 1. The van der Waals surface area contributed by atoms with Gasteiger partial charge in [-0.25, -0.2) is 4.39 Å². The first kappa shape index (κ1) is 16.2. The number of likely N-dealkylation sites (tertiary alicyclic amines) is 1. The highest BCUT2D eigenvalue weighted by Gasteiger charge is 2.32. The third-order valence-electron chi connectivity index (χ3n) is 3.42. The van der Waals surface area contributed by atoms with Gasteiger partial charge in [-0.05, 0) is 44.0 Å². The lowest BCUT2D eigenvalue weighted by molar-refractivity contribution is 0.0743. The zero-order chi connectivity index (χ0) is 13.3. The highest BCUT2D eigenvalue weighted by atomic mass is 35.5. The van der Waals surface area contributed by atoms with Crippen LogP contribution in [0.15, 0.2) is 18.2 Å². The normalized spacial score (nSPS) is 22.2. The number of nitrogens with two attached hydrogens (primary N) is 1. The van der Waals surface area contributed by atoms with Gasteiger partial charge in [0.15, 0.2) is 0 Å². The number of benzene rings is 1. The van der Waals surface area contributed by atoms with Crippen LogP contribution in [0.25, 0.3) is 0 Å². The topological polar surface area (TPSA) is 46.3 Å². The Morgan fingerprint density at radius 1 is 1.58 bits per heavy atom. The standard InChI is InChI=1S/C13H16ClFN2O.ClH/c1-8-4-9(6-16)7-17(8)13(18)11-3-2-10(15)5-12(11)14;/h2-3,5,8-9H,4,6-7,16H2,1H3;1H. The second-order valence-electron chi connectivity index (χ2n) is 4.77. The number of carbonyl (C=O) groups excluding carboxylic acids is 1. The molecule has 1 amide bonds. The van der Waals surface area contributed by atoms with Crippen molar-refractivity contribution in [3.05, 3.63) is 34.6 Å². The Labute approximate surface area is 123 Å². The predicted molar refractivity (Wildman–Crippen MR) is 76.3 cm³/mol. The van der Waals surface area contributed by atoms with Gasteiger partial charge in [0.05, 0.1) is 10.6 Å². The molecule has 1 fully saturated rings. The summed E-state index contributed by atoms with van der Waals surface area (Å²) in [4.78, 5) is 14.1. The quantitative estimate of drug-likeness (QED) is 0.913. The Morgan fingerprint density at radius 3 is 2.79 bits per heavy atom. The maximum Gasteiger partial charge on any atom is 0.255 e. The van der Waals surface area contributed by atoms with Gasteiger partial charge in [-0.2, -0.15) is 0 Å². The van der Waals surface area contributed by atoms with Crippen molar-refractivity contribution in [3.63, 3.8) is 0 Å². The van der Waals surface area contributed by atoms with Gasteiger partial charge in [-0.15, -0.1) is 12.4 Å². The lowest BCUT2D eigenvalue weighted by Crippen LogP contribution is -2.34. The van der Waals surface area contributed by atoms with Crippen LogP contribution >= 0.6 is 24.0 Å². The molecule has 1 aromatic carbocycles. The van der Waals surface area contributed by atoms with Crippen LogP contribution in [0.5, 0.6) is 0 Å². The summed E-state index contributed by atoms with van der Waals surface area (Å²) in [6.45, 7) is 3.21. The fraction of sp³-hybridized carbons (Fsp3) is 0.462. The molecule has 2 rings (SSSR count). The van der Waals surface area contributed by atoms with Crippen molar-refractivity contribution in [1.29, 1.82) is 0 Å². The molecule has 0 saturated carbocycles. The molecule has 1 saturated heterocycles. The molecule has 19 heavy (non-hydrogen) atoms. The zero-order valence-corrected chi connectivity index (χ0v) is 12.2. The molecule has 1 aliphatic rings. The van der Waals surface area contributed by atoms with Gasteiger partial charge in [0.25, 0.3) is 5.91 Å². The molecule has 0 aliphatic carbocycles. The average molecular weight is 307 g/mol. The average Bonchev–Trinajstić information content (AvgIpc) is 2.70. The van der Waals surface area contributed by atoms with E-state index in [2.05, 4.69) is 0 Å². The Morgan fingerprint density at radius 2 is 2.26 bits per heavy atom. The smallest absolute Gasteiger partial charge is 0.255 e. The molecule has 1 aromatic rings. The van der Waals surface area contributed by atoms with Crippen molar-refractivity contribution in [2.24, 2.45) is 11.7 Å². The minimum atomic E-state index is -0.439. The zero-order valence-electron chi connectivity index (χ0n) is 10.6. The number of halogens is 3. The van der Waals surface area contributed by atoms with Crippen molar-refractivity contribution in [2.75, 3.05) is 13.1 Å². The number of hydrogen-bond acceptors (Lipinski definition) is 2. The van der Waals surface area contributed by atoms with E-state index in [0.29, 0.717) is 24.6 Å². The van der Waals surface area contributed by atoms with E-state index in [0.717, 1.165) is 12.5 Å². The molecule has 1 aliphatic heterocycles. The molecule has 0 radical (unpaired) electrons. The maximum absolute atomic E-state index is 13.0. The fourth-order valence-electron chi connectivity index (χ4n) is 2.41. The van der Waals surface area contributed by atoms with E-state index in [1.165, 1.54) is 12.1 Å². The van der Waals surface area contributed by atoms with Crippen molar-refractivity contribution < 1.29 is 9.18 Å². The van der Waals surface area contributed by atoms with Gasteiger partial charge in [-0.3, -0.25) is 4.79 Å². The first-order valence-electron chi connectivity index (χ1n) is 5.99. The van der Waals surface area contributed by atoms with Crippen molar-refractivity contribution in [3.8, 4) is 0 Å². The maximum atomic E-state index is 13.0. The molecule has 106 valence electrons. The Hall–Kier alpha value is -0.840. The SMILES string of the molecule is CC1CC(CN)CN1C(=O)c1ccc(F)cc1Cl.Cl. The van der Waals surface area contributed by atoms with Crippen LogP contribution in [0.1, 0.15) is 23.7 Å². The molecule has 2 atom stereocenters. The lowest BCUT2D eigenvalue weighted by Gasteiger charge is -2.22. The third kappa shape index (κ3) is 3.38. The molecule has 0 spiro atoms. The van der Waals surface area contributed by atoms with Crippen LogP contribution in [-0.4, -0.2) is 29.9 Å². The molecule has 0 aromatic heterocycles. The van der Waals surface area contributed by atoms with Crippen LogP contribution in [0, 0.1) is 11.7 Å². The largest absolute Gasteiger partial charge is 0.336 e. The summed E-state index contributed by atoms with van der Waals surface area (Å²) < 4.78 is 13.0. The van der Waals surface area contributed by atoms with Crippen LogP contribution in [-0.2, 0) is 0 Å². The van der Waals surface area contributed by atoms with E-state index in [1.54, 1.807) is 4.90 Å². The highest BCUT2D eigenvalue weighted by Crippen LogP contribution is 2.26. The summed E-state index contributed by atoms with van der Waals surface area (Å²) in [5, 5.41) is 0.156. The summed E-state index contributed by atoms with van der Waals surface area (Å²) in [5.41, 5.74) is 5.98. The molecule has 1 heterocycles. The first-order valence-corrected chi connectivity index (χ1v) is 6.36. The van der Waals surface area contributed by atoms with Gasteiger partial charge in [0.1, 0.15) is 5.82 Å². The van der Waals surface area contributed by atoms with Gasteiger partial charge in [-0.1, -0.05) is 11.6 Å². The van der Waals surface area contributed by atoms with Crippen molar-refractivity contribution >= 4 is 29.9 Å². The molecular formula is C13H17Cl2FN2O. The van der Waals surface area contributed by atoms with E-state index in [4.69, 9.17) is 17.3 Å². The number of amides is 1. The molecule has 6 heteroatoms. The molecule has 2 unspecified atom stereocenters. The lowest BCUT2D eigenvalue weighted by atomic mass is 10.1. The minimum Gasteiger partial charge on any atom is -0.336 e. The summed E-state index contributed by atoms with van der Waals surface area (Å²) in [7, 11) is 0. The van der Waals surface area contributed by atoms with Gasteiger partial charge in [0, 0.05) is 12.6 Å². The van der Waals surface area contributed by atoms with Crippen molar-refractivity contribution in [2.45, 2.75) is 19.4 Å². The van der Waals surface area contributed by atoms with Crippen LogP contribution in [0.4, 0.5) is 4.39 Å². The summed E-state index contributed by atoms with van der Waals surface area (Å²) in [6.07, 6.45) is 0.904. The monoisotopic (exact) mass is 306 g/mol. The van der Waals surface area contributed by atoms with Gasteiger partial charge >= 0.3 is 0 Å². The van der Waals surface area contributed by atoms with E-state index in [9.17, 15) is 9.18 Å². The molecule has 2 N–H and O–H groups in total. The summed E-state index contributed by atoms with van der Waals surface area (Å²) in [5.74, 6) is -0.252. The predicted octanol–water partition coefficient (Wildman–Crippen LogP) is 2.71. The van der Waals surface area contributed by atoms with E-state index >= 15 is 0 Å². The van der Waals surface area contributed by atoms with Crippen molar-refractivity contribution in [1.82, 2.24) is 4.90 Å². The van der Waals surface area contributed by atoms with Gasteiger partial charge in [0.2, 0.25) is 0 Å². The van der Waals surface area contributed by atoms with E-state index < -0.39 is 5.82 Å². The molecule has 0 bridgehead atoms. The molecule has 3 nitrogen and oxygen atoms in total. The van der Waals surface area contributed by atoms with Gasteiger partial charge < -0.3 is 10.6 Å². The summed E-state index contributed by atoms with van der Waals surface area (Å²) >= 11 is 5.91. The highest BCUT2D eigenvalue weighted by molar-refractivity contribution is 6.33. The number of hydrogen-bond donors (Lipinski definition) is 1. The first-order chi connectivity index (χ1) is 8.52. The summed E-state index contributed by atoms with van der Waals surface area (Å²) in [6, 6.07) is 3.99. The number of nitrogens with zero attached hydrogens (tertiary/aromatic N) is 1. The fourth-order valence-corrected chi connectivity index (χ4v) is 2.66.